The highest BCUT2D eigenvalue weighted by atomic mass is 16.1. The SMILES string of the molecule is N#CN1CCCC2CC(=O)CCC21. The van der Waals surface area contributed by atoms with Crippen molar-refractivity contribution in [1.82, 2.24) is 4.90 Å². The third-order valence-electron chi connectivity index (χ3n) is 3.26. The van der Waals surface area contributed by atoms with Crippen LogP contribution in [0.3, 0.4) is 0 Å². The van der Waals surface area contributed by atoms with Crippen LogP contribution in [0.2, 0.25) is 0 Å². The minimum atomic E-state index is 0.372. The van der Waals surface area contributed by atoms with E-state index in [-0.39, 0.29) is 0 Å². The van der Waals surface area contributed by atoms with Crippen LogP contribution in [0.1, 0.15) is 32.1 Å². The zero-order chi connectivity index (χ0) is 9.26. The Balaban J connectivity index is 2.08. The molecule has 1 saturated carbocycles. The van der Waals surface area contributed by atoms with E-state index in [1.165, 1.54) is 0 Å². The number of carbonyl (C=O) groups is 1. The molecular formula is C10H14N2O. The van der Waals surface area contributed by atoms with Gasteiger partial charge in [-0.15, -0.1) is 0 Å². The van der Waals surface area contributed by atoms with Gasteiger partial charge in [0.15, 0.2) is 6.19 Å². The number of fused-ring (bicyclic) bond motifs is 1. The molecule has 0 bridgehead atoms. The summed E-state index contributed by atoms with van der Waals surface area (Å²) in [6.45, 7) is 0.895. The first-order valence-corrected chi connectivity index (χ1v) is 4.99. The van der Waals surface area contributed by atoms with Crippen LogP contribution in [0.5, 0.6) is 0 Å². The number of rotatable bonds is 0. The Hall–Kier alpha value is -1.04. The third kappa shape index (κ3) is 1.53. The maximum Gasteiger partial charge on any atom is 0.179 e. The molecule has 1 heterocycles. The predicted molar refractivity (Wildman–Crippen MR) is 47.7 cm³/mol. The molecule has 2 unspecified atom stereocenters. The second-order valence-electron chi connectivity index (χ2n) is 4.04. The molecule has 1 saturated heterocycles. The van der Waals surface area contributed by atoms with Gasteiger partial charge in [0.2, 0.25) is 0 Å². The molecule has 0 radical (unpaired) electrons. The molecule has 2 aliphatic rings. The van der Waals surface area contributed by atoms with Gasteiger partial charge in [-0.3, -0.25) is 4.79 Å². The molecule has 2 fully saturated rings. The summed E-state index contributed by atoms with van der Waals surface area (Å²) in [5, 5.41) is 8.89. The molecule has 1 aliphatic carbocycles. The maximum atomic E-state index is 11.2. The molecule has 0 N–H and O–H groups in total. The van der Waals surface area contributed by atoms with Crippen LogP contribution in [0.25, 0.3) is 0 Å². The highest BCUT2D eigenvalue weighted by Crippen LogP contribution is 2.33. The topological polar surface area (TPSA) is 44.1 Å². The first-order valence-electron chi connectivity index (χ1n) is 4.99. The van der Waals surface area contributed by atoms with Gasteiger partial charge in [0.1, 0.15) is 5.78 Å². The zero-order valence-electron chi connectivity index (χ0n) is 7.70. The number of hydrogen-bond donors (Lipinski definition) is 0. The van der Waals surface area contributed by atoms with Crippen molar-refractivity contribution in [2.45, 2.75) is 38.1 Å². The first-order chi connectivity index (χ1) is 6.31. The van der Waals surface area contributed by atoms with Gasteiger partial charge < -0.3 is 4.90 Å². The van der Waals surface area contributed by atoms with Gasteiger partial charge >= 0.3 is 0 Å². The molecule has 2 atom stereocenters. The monoisotopic (exact) mass is 178 g/mol. The number of nitrogens with zero attached hydrogens (tertiary/aromatic N) is 2. The normalized spacial score (nSPS) is 33.8. The summed E-state index contributed by atoms with van der Waals surface area (Å²) in [5.74, 6) is 0.857. The summed E-state index contributed by atoms with van der Waals surface area (Å²) < 4.78 is 0. The zero-order valence-corrected chi connectivity index (χ0v) is 7.70. The quantitative estimate of drug-likeness (QED) is 0.525. The number of ketones is 1. The van der Waals surface area contributed by atoms with Crippen LogP contribution < -0.4 is 0 Å². The molecule has 70 valence electrons. The lowest BCUT2D eigenvalue weighted by molar-refractivity contribution is -0.123. The van der Waals surface area contributed by atoms with Gasteiger partial charge in [-0.25, -0.2) is 0 Å². The van der Waals surface area contributed by atoms with Crippen molar-refractivity contribution in [3.8, 4) is 6.19 Å². The lowest BCUT2D eigenvalue weighted by Gasteiger charge is -2.40. The van der Waals surface area contributed by atoms with Crippen molar-refractivity contribution in [1.29, 1.82) is 5.26 Å². The lowest BCUT2D eigenvalue weighted by atomic mass is 9.78. The number of piperidine rings is 1. The first kappa shape index (κ1) is 8.55. The van der Waals surface area contributed by atoms with Crippen LogP contribution >= 0.6 is 0 Å². The highest BCUT2D eigenvalue weighted by molar-refractivity contribution is 5.79. The summed E-state index contributed by atoms with van der Waals surface area (Å²) in [4.78, 5) is 13.1. The largest absolute Gasteiger partial charge is 0.307 e. The fourth-order valence-electron chi connectivity index (χ4n) is 2.59. The number of likely N-dealkylation sites (tertiary alicyclic amines) is 1. The Morgan fingerprint density at radius 1 is 1.46 bits per heavy atom. The molecule has 0 aromatic heterocycles. The van der Waals surface area contributed by atoms with Crippen molar-refractivity contribution in [2.24, 2.45) is 5.92 Å². The predicted octanol–water partition coefficient (Wildman–Crippen LogP) is 1.30. The fourth-order valence-corrected chi connectivity index (χ4v) is 2.59. The Morgan fingerprint density at radius 2 is 2.31 bits per heavy atom. The van der Waals surface area contributed by atoms with Crippen molar-refractivity contribution in [3.63, 3.8) is 0 Å². The van der Waals surface area contributed by atoms with Crippen LogP contribution in [-0.4, -0.2) is 23.3 Å². The molecular weight excluding hydrogens is 164 g/mol. The van der Waals surface area contributed by atoms with Crippen LogP contribution in [0.4, 0.5) is 0 Å². The van der Waals surface area contributed by atoms with E-state index in [9.17, 15) is 4.79 Å². The Morgan fingerprint density at radius 3 is 3.08 bits per heavy atom. The second kappa shape index (κ2) is 3.37. The summed E-state index contributed by atoms with van der Waals surface area (Å²) in [6.07, 6.45) is 6.74. The van der Waals surface area contributed by atoms with Crippen molar-refractivity contribution in [3.05, 3.63) is 0 Å². The summed E-state index contributed by atoms with van der Waals surface area (Å²) in [7, 11) is 0. The average molecular weight is 178 g/mol. The number of carbonyl (C=O) groups excluding carboxylic acids is 1. The summed E-state index contributed by atoms with van der Waals surface area (Å²) in [5.41, 5.74) is 0. The van der Waals surface area contributed by atoms with E-state index in [1.807, 2.05) is 4.90 Å². The van der Waals surface area contributed by atoms with Gasteiger partial charge in [0.05, 0.1) is 0 Å². The van der Waals surface area contributed by atoms with E-state index in [1.54, 1.807) is 0 Å². The van der Waals surface area contributed by atoms with E-state index in [0.717, 1.165) is 25.8 Å². The Kier molecular flexibility index (Phi) is 2.22. The van der Waals surface area contributed by atoms with Crippen LogP contribution in [-0.2, 0) is 4.79 Å². The minimum absolute atomic E-state index is 0.372. The van der Waals surface area contributed by atoms with Gasteiger partial charge in [0.25, 0.3) is 0 Å². The third-order valence-corrected chi connectivity index (χ3v) is 3.26. The van der Waals surface area contributed by atoms with Crippen LogP contribution in [0, 0.1) is 17.4 Å². The van der Waals surface area contributed by atoms with Crippen molar-refractivity contribution >= 4 is 5.78 Å². The molecule has 0 amide bonds. The van der Waals surface area contributed by atoms with E-state index >= 15 is 0 Å². The van der Waals surface area contributed by atoms with E-state index in [0.29, 0.717) is 30.6 Å². The van der Waals surface area contributed by atoms with Gasteiger partial charge in [-0.05, 0) is 25.2 Å². The Bertz CT molecular complexity index is 256. The highest BCUT2D eigenvalue weighted by Gasteiger charge is 2.35. The molecule has 0 spiro atoms. The Labute approximate surface area is 78.3 Å². The number of Topliss-reactive ketones (excluding diaryl/α,β-unsaturated/α-hetero) is 1. The van der Waals surface area contributed by atoms with Gasteiger partial charge in [0, 0.05) is 25.4 Å². The standard InChI is InChI=1S/C10H14N2O/c11-7-12-5-1-2-8-6-9(13)3-4-10(8)12/h8,10H,1-6H2. The summed E-state index contributed by atoms with van der Waals surface area (Å²) in [6, 6.07) is 0.372. The molecule has 3 heteroatoms. The second-order valence-corrected chi connectivity index (χ2v) is 4.04. The number of hydrogen-bond acceptors (Lipinski definition) is 3. The van der Waals surface area contributed by atoms with Crippen molar-refractivity contribution < 1.29 is 4.79 Å². The van der Waals surface area contributed by atoms with E-state index in [2.05, 4.69) is 6.19 Å². The van der Waals surface area contributed by atoms with Gasteiger partial charge in [-0.2, -0.15) is 5.26 Å². The van der Waals surface area contributed by atoms with Gasteiger partial charge in [-0.1, -0.05) is 0 Å². The maximum absolute atomic E-state index is 11.2. The van der Waals surface area contributed by atoms with E-state index in [4.69, 9.17) is 5.26 Å². The van der Waals surface area contributed by atoms with E-state index < -0.39 is 0 Å². The fraction of sp³-hybridized carbons (Fsp3) is 0.800. The molecule has 0 aromatic carbocycles. The lowest BCUT2D eigenvalue weighted by Crippen LogP contribution is -2.45. The minimum Gasteiger partial charge on any atom is -0.307 e. The molecule has 0 aromatic rings. The molecule has 3 nitrogen and oxygen atoms in total. The smallest absolute Gasteiger partial charge is 0.179 e. The molecule has 13 heavy (non-hydrogen) atoms. The summed E-state index contributed by atoms with van der Waals surface area (Å²) >= 11 is 0. The average Bonchev–Trinajstić information content (AvgIpc) is 2.16. The van der Waals surface area contributed by atoms with Crippen LogP contribution in [0.15, 0.2) is 0 Å². The van der Waals surface area contributed by atoms with Crippen molar-refractivity contribution in [2.75, 3.05) is 6.54 Å². The molecule has 1 aliphatic heterocycles. The number of nitriles is 1. The molecule has 2 rings (SSSR count).